The van der Waals surface area contributed by atoms with Gasteiger partial charge in [-0.2, -0.15) is 0 Å². The molecule has 1 heterocycles. The lowest BCUT2D eigenvalue weighted by atomic mass is 10.4. The maximum absolute atomic E-state index is 5.79. The van der Waals surface area contributed by atoms with Gasteiger partial charge in [-0.15, -0.1) is 0 Å². The van der Waals surface area contributed by atoms with Crippen molar-refractivity contribution in [2.45, 2.75) is 13.0 Å². The molecule has 0 aromatic carbocycles. The van der Waals surface area contributed by atoms with Crippen LogP contribution in [0.5, 0.6) is 0 Å². The summed E-state index contributed by atoms with van der Waals surface area (Å²) in [7, 11) is 1.66. The van der Waals surface area contributed by atoms with Crippen molar-refractivity contribution in [2.24, 2.45) is 0 Å². The predicted molar refractivity (Wildman–Crippen MR) is 59.7 cm³/mol. The van der Waals surface area contributed by atoms with Crippen LogP contribution >= 0.6 is 27.5 Å². The smallest absolute Gasteiger partial charge is 0.148 e. The van der Waals surface area contributed by atoms with Gasteiger partial charge < -0.3 is 10.1 Å². The Morgan fingerprint density at radius 1 is 1.64 bits per heavy atom. The fraction of sp³-hybridized carbons (Fsp3) is 0.500. The molecule has 0 amide bonds. The summed E-state index contributed by atoms with van der Waals surface area (Å²) >= 11 is 9.09. The number of methoxy groups -OCH3 is 1. The summed E-state index contributed by atoms with van der Waals surface area (Å²) in [6.07, 6.45) is 1.53. The molecule has 14 heavy (non-hydrogen) atoms. The first-order valence-electron chi connectivity index (χ1n) is 4.07. The molecule has 0 aliphatic carbocycles. The molecule has 78 valence electrons. The molecule has 1 unspecified atom stereocenters. The Morgan fingerprint density at radius 3 is 3.00 bits per heavy atom. The maximum Gasteiger partial charge on any atom is 0.148 e. The monoisotopic (exact) mass is 279 g/mol. The van der Waals surface area contributed by atoms with E-state index in [4.69, 9.17) is 16.3 Å². The van der Waals surface area contributed by atoms with Crippen LogP contribution in [0.1, 0.15) is 6.92 Å². The van der Waals surface area contributed by atoms with E-state index in [2.05, 4.69) is 31.2 Å². The second kappa shape index (κ2) is 5.48. The van der Waals surface area contributed by atoms with Crippen molar-refractivity contribution in [1.82, 2.24) is 9.97 Å². The average Bonchev–Trinajstić information content (AvgIpc) is 2.20. The van der Waals surface area contributed by atoms with Crippen LogP contribution < -0.4 is 5.32 Å². The Balaban J connectivity index is 2.63. The Morgan fingerprint density at radius 2 is 2.36 bits per heavy atom. The minimum atomic E-state index is 0.121. The van der Waals surface area contributed by atoms with E-state index in [1.54, 1.807) is 7.11 Å². The van der Waals surface area contributed by atoms with Crippen LogP contribution in [0.4, 0.5) is 5.82 Å². The molecule has 1 N–H and O–H groups in total. The normalized spacial score (nSPS) is 12.6. The van der Waals surface area contributed by atoms with Crippen LogP contribution in [0.25, 0.3) is 0 Å². The van der Waals surface area contributed by atoms with Crippen LogP contribution in [-0.2, 0) is 4.74 Å². The summed E-state index contributed by atoms with van der Waals surface area (Å²) in [6.45, 7) is 2.63. The van der Waals surface area contributed by atoms with Gasteiger partial charge in [0.25, 0.3) is 0 Å². The molecule has 1 rings (SSSR count). The topological polar surface area (TPSA) is 47.0 Å². The first-order chi connectivity index (χ1) is 6.65. The molecule has 0 saturated heterocycles. The van der Waals surface area contributed by atoms with Crippen LogP contribution in [0, 0.1) is 0 Å². The molecule has 0 spiro atoms. The number of rotatable bonds is 4. The zero-order valence-corrected chi connectivity index (χ0v) is 10.3. The van der Waals surface area contributed by atoms with Crippen LogP contribution in [0.2, 0.25) is 5.15 Å². The van der Waals surface area contributed by atoms with E-state index >= 15 is 0 Å². The predicted octanol–water partition coefficient (Wildman–Crippen LogP) is 2.34. The third-order valence-electron chi connectivity index (χ3n) is 1.71. The van der Waals surface area contributed by atoms with E-state index in [-0.39, 0.29) is 6.10 Å². The van der Waals surface area contributed by atoms with E-state index in [1.807, 2.05) is 6.92 Å². The molecule has 1 atom stereocenters. The van der Waals surface area contributed by atoms with Gasteiger partial charge in [0, 0.05) is 13.7 Å². The Kier molecular flexibility index (Phi) is 4.57. The van der Waals surface area contributed by atoms with Gasteiger partial charge in [-0.3, -0.25) is 0 Å². The molecular formula is C8H11BrClN3O. The zero-order chi connectivity index (χ0) is 10.6. The summed E-state index contributed by atoms with van der Waals surface area (Å²) < 4.78 is 5.76. The second-order valence-corrected chi connectivity index (χ2v) is 3.91. The molecule has 0 bridgehead atoms. The minimum absolute atomic E-state index is 0.121. The van der Waals surface area contributed by atoms with Gasteiger partial charge in [-0.05, 0) is 22.9 Å². The first kappa shape index (κ1) is 11.7. The van der Waals surface area contributed by atoms with Gasteiger partial charge >= 0.3 is 0 Å². The highest BCUT2D eigenvalue weighted by atomic mass is 79.9. The SMILES string of the molecule is COC(C)CNc1ncnc(Cl)c1Br. The van der Waals surface area contributed by atoms with Crippen LogP contribution in [0.3, 0.4) is 0 Å². The standard InChI is InChI=1S/C8H11BrClN3O/c1-5(14-2)3-11-8-6(9)7(10)12-4-13-8/h4-5H,3H2,1-2H3,(H,11,12,13). The summed E-state index contributed by atoms with van der Waals surface area (Å²) in [5.74, 6) is 0.675. The fourth-order valence-corrected chi connectivity index (χ4v) is 1.27. The van der Waals surface area contributed by atoms with Crippen LogP contribution in [0.15, 0.2) is 10.8 Å². The van der Waals surface area contributed by atoms with Gasteiger partial charge in [0.05, 0.1) is 10.6 Å². The van der Waals surface area contributed by atoms with Gasteiger partial charge in [-0.1, -0.05) is 11.6 Å². The number of anilines is 1. The number of nitrogens with one attached hydrogen (secondary N) is 1. The van der Waals surface area contributed by atoms with Gasteiger partial charge in [-0.25, -0.2) is 9.97 Å². The van der Waals surface area contributed by atoms with Crippen molar-refractivity contribution < 1.29 is 4.74 Å². The number of aromatic nitrogens is 2. The molecule has 6 heteroatoms. The summed E-state index contributed by atoms with van der Waals surface area (Å²) in [5.41, 5.74) is 0. The Labute approximate surface area is 96.2 Å². The highest BCUT2D eigenvalue weighted by molar-refractivity contribution is 9.10. The second-order valence-electron chi connectivity index (χ2n) is 2.75. The highest BCUT2D eigenvalue weighted by Crippen LogP contribution is 2.25. The van der Waals surface area contributed by atoms with E-state index in [1.165, 1.54) is 6.33 Å². The number of hydrogen-bond acceptors (Lipinski definition) is 4. The molecule has 4 nitrogen and oxygen atoms in total. The van der Waals surface area contributed by atoms with Crippen molar-refractivity contribution in [1.29, 1.82) is 0 Å². The first-order valence-corrected chi connectivity index (χ1v) is 5.25. The molecule has 0 saturated carbocycles. The van der Waals surface area contributed by atoms with Crippen molar-refractivity contribution in [2.75, 3.05) is 19.0 Å². The van der Waals surface area contributed by atoms with E-state index in [9.17, 15) is 0 Å². The number of hydrogen-bond donors (Lipinski definition) is 1. The van der Waals surface area contributed by atoms with Gasteiger partial charge in [0.1, 0.15) is 17.3 Å². The lowest BCUT2D eigenvalue weighted by Gasteiger charge is -2.12. The van der Waals surface area contributed by atoms with E-state index in [0.717, 1.165) is 0 Å². The Bertz CT molecular complexity index is 311. The number of halogens is 2. The lowest BCUT2D eigenvalue weighted by Crippen LogP contribution is -2.18. The fourth-order valence-electron chi connectivity index (χ4n) is 0.795. The zero-order valence-electron chi connectivity index (χ0n) is 7.92. The van der Waals surface area contributed by atoms with E-state index < -0.39 is 0 Å². The highest BCUT2D eigenvalue weighted by Gasteiger charge is 2.07. The molecular weight excluding hydrogens is 269 g/mol. The third-order valence-corrected chi connectivity index (χ3v) is 2.97. The largest absolute Gasteiger partial charge is 0.380 e. The van der Waals surface area contributed by atoms with Crippen molar-refractivity contribution in [3.63, 3.8) is 0 Å². The van der Waals surface area contributed by atoms with Crippen LogP contribution in [-0.4, -0.2) is 29.7 Å². The van der Waals surface area contributed by atoms with Crippen molar-refractivity contribution >= 4 is 33.3 Å². The lowest BCUT2D eigenvalue weighted by molar-refractivity contribution is 0.128. The average molecular weight is 281 g/mol. The molecule has 0 aliphatic heterocycles. The number of ether oxygens (including phenoxy) is 1. The minimum Gasteiger partial charge on any atom is -0.380 e. The molecule has 0 radical (unpaired) electrons. The molecule has 1 aromatic rings. The third kappa shape index (κ3) is 3.08. The summed E-state index contributed by atoms with van der Waals surface area (Å²) in [5, 5.41) is 3.49. The molecule has 1 aromatic heterocycles. The summed E-state index contributed by atoms with van der Waals surface area (Å²) in [4.78, 5) is 7.86. The Hall–Kier alpha value is -0.390. The quantitative estimate of drug-likeness (QED) is 0.860. The van der Waals surface area contributed by atoms with Crippen molar-refractivity contribution in [3.05, 3.63) is 16.0 Å². The number of nitrogens with zero attached hydrogens (tertiary/aromatic N) is 2. The summed E-state index contributed by atoms with van der Waals surface area (Å²) in [6, 6.07) is 0. The maximum atomic E-state index is 5.79. The molecule has 0 fully saturated rings. The van der Waals surface area contributed by atoms with Gasteiger partial charge in [0.2, 0.25) is 0 Å². The van der Waals surface area contributed by atoms with Crippen molar-refractivity contribution in [3.8, 4) is 0 Å². The van der Waals surface area contributed by atoms with E-state index in [0.29, 0.717) is 22.0 Å². The molecule has 0 aliphatic rings. The van der Waals surface area contributed by atoms with Gasteiger partial charge in [0.15, 0.2) is 0 Å².